The Labute approximate surface area is 136 Å². The highest BCUT2D eigenvalue weighted by atomic mass is 19.4. The van der Waals surface area contributed by atoms with Gasteiger partial charge in [0.2, 0.25) is 17.7 Å². The van der Waals surface area contributed by atoms with Crippen molar-refractivity contribution in [2.75, 3.05) is 5.32 Å². The SMILES string of the molecule is CC(=O)N[C@@H](CCC(N)=O)C(=O)Nc1ccc(C)c(C(F)(F)F)c1. The number of nitrogens with two attached hydrogens (primary N) is 1. The van der Waals surface area contributed by atoms with Crippen molar-refractivity contribution in [3.05, 3.63) is 29.3 Å². The fraction of sp³-hybridized carbons (Fsp3) is 0.400. The number of aryl methyl sites for hydroxylation is 1. The molecule has 1 atom stereocenters. The molecule has 1 aromatic carbocycles. The number of amides is 3. The Balaban J connectivity index is 2.93. The Morgan fingerprint density at radius 2 is 1.88 bits per heavy atom. The summed E-state index contributed by atoms with van der Waals surface area (Å²) in [7, 11) is 0. The lowest BCUT2D eigenvalue weighted by Gasteiger charge is -2.18. The Morgan fingerprint density at radius 1 is 1.25 bits per heavy atom. The molecule has 0 saturated carbocycles. The van der Waals surface area contributed by atoms with Crippen molar-refractivity contribution in [1.29, 1.82) is 0 Å². The Hall–Kier alpha value is -2.58. The second-order valence-corrected chi connectivity index (χ2v) is 5.27. The van der Waals surface area contributed by atoms with Crippen LogP contribution in [0.15, 0.2) is 18.2 Å². The molecule has 0 aliphatic rings. The van der Waals surface area contributed by atoms with Crippen molar-refractivity contribution < 1.29 is 27.6 Å². The van der Waals surface area contributed by atoms with Gasteiger partial charge in [-0.15, -0.1) is 0 Å². The van der Waals surface area contributed by atoms with Gasteiger partial charge in [-0.2, -0.15) is 13.2 Å². The maximum Gasteiger partial charge on any atom is 0.416 e. The van der Waals surface area contributed by atoms with E-state index in [-0.39, 0.29) is 24.1 Å². The number of halogens is 3. The van der Waals surface area contributed by atoms with Crippen molar-refractivity contribution in [2.24, 2.45) is 5.73 Å². The van der Waals surface area contributed by atoms with E-state index in [2.05, 4.69) is 10.6 Å². The van der Waals surface area contributed by atoms with Crippen LogP contribution in [-0.2, 0) is 20.6 Å². The smallest absolute Gasteiger partial charge is 0.370 e. The van der Waals surface area contributed by atoms with Gasteiger partial charge in [0.15, 0.2) is 0 Å². The first kappa shape index (κ1) is 19.5. The topological polar surface area (TPSA) is 101 Å². The molecular formula is C15H18F3N3O3. The third kappa shape index (κ3) is 5.90. The molecule has 0 bridgehead atoms. The molecule has 3 amide bonds. The van der Waals surface area contributed by atoms with Crippen molar-refractivity contribution in [1.82, 2.24) is 5.32 Å². The number of hydrogen-bond donors (Lipinski definition) is 3. The second kappa shape index (κ2) is 7.80. The molecule has 9 heteroatoms. The van der Waals surface area contributed by atoms with Crippen LogP contribution >= 0.6 is 0 Å². The maximum atomic E-state index is 12.9. The normalized spacial score (nSPS) is 12.4. The highest BCUT2D eigenvalue weighted by molar-refractivity contribution is 5.97. The van der Waals surface area contributed by atoms with Gasteiger partial charge in [0.1, 0.15) is 6.04 Å². The van der Waals surface area contributed by atoms with Gasteiger partial charge in [-0.1, -0.05) is 6.07 Å². The van der Waals surface area contributed by atoms with Crippen LogP contribution in [0.1, 0.15) is 30.9 Å². The fourth-order valence-electron chi connectivity index (χ4n) is 2.04. The predicted octanol–water partition coefficient (Wildman–Crippen LogP) is 1.72. The van der Waals surface area contributed by atoms with Gasteiger partial charge in [0, 0.05) is 19.0 Å². The third-order valence-corrected chi connectivity index (χ3v) is 3.18. The molecule has 0 aromatic heterocycles. The molecule has 0 fully saturated rings. The first-order valence-corrected chi connectivity index (χ1v) is 7.05. The molecular weight excluding hydrogens is 327 g/mol. The quantitative estimate of drug-likeness (QED) is 0.732. The predicted molar refractivity (Wildman–Crippen MR) is 80.8 cm³/mol. The van der Waals surface area contributed by atoms with Crippen molar-refractivity contribution in [2.45, 2.75) is 38.9 Å². The zero-order valence-corrected chi connectivity index (χ0v) is 13.2. The number of alkyl halides is 3. The summed E-state index contributed by atoms with van der Waals surface area (Å²) in [5.41, 5.74) is 4.09. The molecule has 0 heterocycles. The highest BCUT2D eigenvalue weighted by Crippen LogP contribution is 2.33. The van der Waals surface area contributed by atoms with Crippen LogP contribution < -0.4 is 16.4 Å². The largest absolute Gasteiger partial charge is 0.416 e. The Kier molecular flexibility index (Phi) is 6.33. The van der Waals surface area contributed by atoms with Gasteiger partial charge in [-0.3, -0.25) is 14.4 Å². The van der Waals surface area contributed by atoms with Gasteiger partial charge in [0.05, 0.1) is 5.56 Å². The molecule has 1 rings (SSSR count). The number of anilines is 1. The number of carbonyl (C=O) groups is 3. The van der Waals surface area contributed by atoms with Crippen LogP contribution in [0.25, 0.3) is 0 Å². The summed E-state index contributed by atoms with van der Waals surface area (Å²) in [5, 5.41) is 4.64. The van der Waals surface area contributed by atoms with Gasteiger partial charge in [-0.05, 0) is 31.0 Å². The molecule has 0 radical (unpaired) electrons. The molecule has 4 N–H and O–H groups in total. The molecule has 132 valence electrons. The summed E-state index contributed by atoms with van der Waals surface area (Å²) in [5.74, 6) is -1.91. The monoisotopic (exact) mass is 345 g/mol. The Morgan fingerprint density at radius 3 is 2.38 bits per heavy atom. The summed E-state index contributed by atoms with van der Waals surface area (Å²) < 4.78 is 38.7. The van der Waals surface area contributed by atoms with E-state index in [0.29, 0.717) is 0 Å². The lowest BCUT2D eigenvalue weighted by molar-refractivity contribution is -0.138. The van der Waals surface area contributed by atoms with Crippen LogP contribution in [0.5, 0.6) is 0 Å². The van der Waals surface area contributed by atoms with Gasteiger partial charge >= 0.3 is 6.18 Å². The van der Waals surface area contributed by atoms with Crippen LogP contribution in [-0.4, -0.2) is 23.8 Å². The maximum absolute atomic E-state index is 12.9. The average molecular weight is 345 g/mol. The van der Waals surface area contributed by atoms with Crippen molar-refractivity contribution in [3.8, 4) is 0 Å². The minimum atomic E-state index is -4.55. The molecule has 0 aliphatic carbocycles. The van der Waals surface area contributed by atoms with E-state index < -0.39 is 35.5 Å². The van der Waals surface area contributed by atoms with Crippen LogP contribution in [0, 0.1) is 6.92 Å². The number of carbonyl (C=O) groups excluding carboxylic acids is 3. The molecule has 24 heavy (non-hydrogen) atoms. The lowest BCUT2D eigenvalue weighted by Crippen LogP contribution is -2.43. The molecule has 6 nitrogen and oxygen atoms in total. The van der Waals surface area contributed by atoms with Crippen molar-refractivity contribution >= 4 is 23.4 Å². The van der Waals surface area contributed by atoms with E-state index in [9.17, 15) is 27.6 Å². The summed E-state index contributed by atoms with van der Waals surface area (Å²) >= 11 is 0. The average Bonchev–Trinajstić information content (AvgIpc) is 2.43. The lowest BCUT2D eigenvalue weighted by atomic mass is 10.1. The second-order valence-electron chi connectivity index (χ2n) is 5.27. The van der Waals surface area contributed by atoms with E-state index >= 15 is 0 Å². The van der Waals surface area contributed by atoms with Gasteiger partial charge in [0.25, 0.3) is 0 Å². The van der Waals surface area contributed by atoms with E-state index in [1.807, 2.05) is 0 Å². The number of rotatable bonds is 6. The van der Waals surface area contributed by atoms with E-state index in [1.54, 1.807) is 0 Å². The van der Waals surface area contributed by atoms with Crippen molar-refractivity contribution in [3.63, 3.8) is 0 Å². The molecule has 0 unspecified atom stereocenters. The summed E-state index contributed by atoms with van der Waals surface area (Å²) in [6.07, 6.45) is -4.76. The first-order chi connectivity index (χ1) is 11.0. The highest BCUT2D eigenvalue weighted by Gasteiger charge is 2.32. The number of primary amides is 1. The fourth-order valence-corrected chi connectivity index (χ4v) is 2.04. The minimum absolute atomic E-state index is 0.0210. The molecule has 0 saturated heterocycles. The zero-order chi connectivity index (χ0) is 18.5. The summed E-state index contributed by atoms with van der Waals surface area (Å²) in [4.78, 5) is 34.1. The summed E-state index contributed by atoms with van der Waals surface area (Å²) in [6, 6.07) is 2.29. The molecule has 0 spiro atoms. The standard InChI is InChI=1S/C15H18F3N3O3/c1-8-3-4-10(7-11(8)15(16,17)18)21-14(24)12(20-9(2)22)5-6-13(19)23/h3-4,7,12H,5-6H2,1-2H3,(H2,19,23)(H,20,22)(H,21,24)/t12-/m0/s1. The van der Waals surface area contributed by atoms with Crippen LogP contribution in [0.3, 0.4) is 0 Å². The third-order valence-electron chi connectivity index (χ3n) is 3.18. The van der Waals surface area contributed by atoms with E-state index in [0.717, 1.165) is 6.07 Å². The number of nitrogens with one attached hydrogen (secondary N) is 2. The van der Waals surface area contributed by atoms with E-state index in [4.69, 9.17) is 5.73 Å². The summed E-state index contributed by atoms with van der Waals surface area (Å²) in [6.45, 7) is 2.49. The van der Waals surface area contributed by atoms with E-state index in [1.165, 1.54) is 26.0 Å². The van der Waals surface area contributed by atoms with Crippen LogP contribution in [0.2, 0.25) is 0 Å². The minimum Gasteiger partial charge on any atom is -0.370 e. The number of hydrogen-bond acceptors (Lipinski definition) is 3. The molecule has 1 aromatic rings. The first-order valence-electron chi connectivity index (χ1n) is 7.05. The van der Waals surface area contributed by atoms with Gasteiger partial charge in [-0.25, -0.2) is 0 Å². The zero-order valence-electron chi connectivity index (χ0n) is 13.2. The number of benzene rings is 1. The molecule has 0 aliphatic heterocycles. The van der Waals surface area contributed by atoms with Gasteiger partial charge < -0.3 is 16.4 Å². The van der Waals surface area contributed by atoms with Crippen LogP contribution in [0.4, 0.5) is 18.9 Å². The Bertz CT molecular complexity index is 645.